The Hall–Kier alpha value is -0.310. The van der Waals surface area contributed by atoms with Crippen molar-refractivity contribution < 1.29 is 0 Å². The Labute approximate surface area is 92.8 Å². The van der Waals surface area contributed by atoms with Crippen LogP contribution < -0.4 is 10.6 Å². The minimum atomic E-state index is 0.233. The third-order valence-corrected chi connectivity index (χ3v) is 3.01. The summed E-state index contributed by atoms with van der Waals surface area (Å²) in [6.45, 7) is 6.49. The summed E-state index contributed by atoms with van der Waals surface area (Å²) < 4.78 is 0. The quantitative estimate of drug-likeness (QED) is 0.691. The van der Waals surface area contributed by atoms with Gasteiger partial charge in [0.15, 0.2) is 5.11 Å². The molecule has 1 saturated carbocycles. The SMILES string of the molecule is CC(C)NC(=S)NC1(C)CCCCC1. The lowest BCUT2D eigenvalue weighted by Crippen LogP contribution is -2.52. The number of hydrogen-bond donors (Lipinski definition) is 2. The minimum absolute atomic E-state index is 0.233. The Morgan fingerprint density at radius 2 is 1.79 bits per heavy atom. The van der Waals surface area contributed by atoms with Crippen molar-refractivity contribution in [2.24, 2.45) is 0 Å². The van der Waals surface area contributed by atoms with E-state index < -0.39 is 0 Å². The maximum absolute atomic E-state index is 5.26. The van der Waals surface area contributed by atoms with Crippen LogP contribution in [0.1, 0.15) is 52.9 Å². The molecule has 0 saturated heterocycles. The van der Waals surface area contributed by atoms with E-state index in [0.717, 1.165) is 5.11 Å². The monoisotopic (exact) mass is 214 g/mol. The molecule has 0 unspecified atom stereocenters. The minimum Gasteiger partial charge on any atom is -0.361 e. The highest BCUT2D eigenvalue weighted by atomic mass is 32.1. The molecule has 0 bridgehead atoms. The molecule has 0 aromatic rings. The van der Waals surface area contributed by atoms with Crippen LogP contribution in [-0.2, 0) is 0 Å². The Morgan fingerprint density at radius 3 is 2.29 bits per heavy atom. The fourth-order valence-electron chi connectivity index (χ4n) is 2.03. The molecule has 0 atom stereocenters. The molecule has 82 valence electrons. The highest BCUT2D eigenvalue weighted by Gasteiger charge is 2.27. The van der Waals surface area contributed by atoms with Crippen molar-refractivity contribution in [1.82, 2.24) is 10.6 Å². The lowest BCUT2D eigenvalue weighted by Gasteiger charge is -2.36. The maximum Gasteiger partial charge on any atom is 0.166 e. The van der Waals surface area contributed by atoms with Crippen LogP contribution in [0, 0.1) is 0 Å². The van der Waals surface area contributed by atoms with E-state index in [1.165, 1.54) is 32.1 Å². The highest BCUT2D eigenvalue weighted by molar-refractivity contribution is 7.80. The molecule has 1 rings (SSSR count). The van der Waals surface area contributed by atoms with Crippen LogP contribution in [0.5, 0.6) is 0 Å². The van der Waals surface area contributed by atoms with Crippen molar-refractivity contribution in [2.75, 3.05) is 0 Å². The van der Waals surface area contributed by atoms with Gasteiger partial charge in [0, 0.05) is 11.6 Å². The molecule has 0 aliphatic heterocycles. The Morgan fingerprint density at radius 1 is 1.21 bits per heavy atom. The Bertz CT molecular complexity index is 195. The molecule has 3 heteroatoms. The van der Waals surface area contributed by atoms with Crippen molar-refractivity contribution >= 4 is 17.3 Å². The summed E-state index contributed by atoms with van der Waals surface area (Å²) in [5.41, 5.74) is 0.233. The molecule has 1 aliphatic carbocycles. The number of rotatable bonds is 2. The largest absolute Gasteiger partial charge is 0.361 e. The summed E-state index contributed by atoms with van der Waals surface area (Å²) in [6, 6.07) is 0.419. The zero-order valence-electron chi connectivity index (χ0n) is 9.52. The fraction of sp³-hybridized carbons (Fsp3) is 0.909. The smallest absolute Gasteiger partial charge is 0.166 e. The summed E-state index contributed by atoms with van der Waals surface area (Å²) in [7, 11) is 0. The summed E-state index contributed by atoms with van der Waals surface area (Å²) in [5, 5.41) is 7.49. The van der Waals surface area contributed by atoms with Gasteiger partial charge in [-0.25, -0.2) is 0 Å². The van der Waals surface area contributed by atoms with Crippen molar-refractivity contribution in [3.63, 3.8) is 0 Å². The van der Waals surface area contributed by atoms with Crippen LogP contribution in [0.3, 0.4) is 0 Å². The van der Waals surface area contributed by atoms with Crippen molar-refractivity contribution in [2.45, 2.75) is 64.5 Å². The van der Waals surface area contributed by atoms with E-state index in [4.69, 9.17) is 12.2 Å². The molecule has 1 aliphatic rings. The second-order valence-corrected chi connectivity index (χ2v) is 5.28. The van der Waals surface area contributed by atoms with Gasteiger partial charge in [-0.2, -0.15) is 0 Å². The van der Waals surface area contributed by atoms with Gasteiger partial charge in [0.2, 0.25) is 0 Å². The molecule has 14 heavy (non-hydrogen) atoms. The van der Waals surface area contributed by atoms with Gasteiger partial charge in [0.25, 0.3) is 0 Å². The molecule has 1 fully saturated rings. The van der Waals surface area contributed by atoms with E-state index >= 15 is 0 Å². The molecular formula is C11H22N2S. The second-order valence-electron chi connectivity index (χ2n) is 4.87. The molecule has 0 radical (unpaired) electrons. The van der Waals surface area contributed by atoms with Gasteiger partial charge in [-0.1, -0.05) is 19.3 Å². The van der Waals surface area contributed by atoms with Crippen LogP contribution >= 0.6 is 12.2 Å². The normalized spacial score (nSPS) is 20.6. The van der Waals surface area contributed by atoms with Gasteiger partial charge in [0.1, 0.15) is 0 Å². The number of nitrogens with one attached hydrogen (secondary N) is 2. The van der Waals surface area contributed by atoms with Crippen LogP contribution in [-0.4, -0.2) is 16.7 Å². The molecule has 0 aromatic carbocycles. The summed E-state index contributed by atoms with van der Waals surface area (Å²) in [4.78, 5) is 0. The Balaban J connectivity index is 2.37. The average Bonchev–Trinajstić information content (AvgIpc) is 2.02. The first-order chi connectivity index (χ1) is 6.52. The summed E-state index contributed by atoms with van der Waals surface area (Å²) in [6.07, 6.45) is 6.52. The van der Waals surface area contributed by atoms with Gasteiger partial charge in [0.05, 0.1) is 0 Å². The molecule has 0 heterocycles. The molecule has 0 aromatic heterocycles. The van der Waals surface area contributed by atoms with E-state index in [1.54, 1.807) is 0 Å². The van der Waals surface area contributed by atoms with E-state index in [1.807, 2.05) is 0 Å². The van der Waals surface area contributed by atoms with Crippen LogP contribution in [0.15, 0.2) is 0 Å². The third kappa shape index (κ3) is 3.82. The maximum atomic E-state index is 5.26. The van der Waals surface area contributed by atoms with Crippen LogP contribution in [0.4, 0.5) is 0 Å². The van der Waals surface area contributed by atoms with Gasteiger partial charge >= 0.3 is 0 Å². The molecular weight excluding hydrogens is 192 g/mol. The van der Waals surface area contributed by atoms with Crippen molar-refractivity contribution in [1.29, 1.82) is 0 Å². The number of hydrogen-bond acceptors (Lipinski definition) is 1. The lowest BCUT2D eigenvalue weighted by molar-refractivity contribution is 0.289. The molecule has 0 spiro atoms. The highest BCUT2D eigenvalue weighted by Crippen LogP contribution is 2.27. The van der Waals surface area contributed by atoms with Crippen LogP contribution in [0.2, 0.25) is 0 Å². The topological polar surface area (TPSA) is 24.1 Å². The Kier molecular flexibility index (Phi) is 4.17. The first-order valence-corrected chi connectivity index (χ1v) is 6.01. The average molecular weight is 214 g/mol. The van der Waals surface area contributed by atoms with Gasteiger partial charge < -0.3 is 10.6 Å². The first-order valence-electron chi connectivity index (χ1n) is 5.60. The van der Waals surface area contributed by atoms with Crippen molar-refractivity contribution in [3.05, 3.63) is 0 Å². The first kappa shape index (κ1) is 11.8. The molecule has 2 nitrogen and oxygen atoms in total. The van der Waals surface area contributed by atoms with E-state index in [2.05, 4.69) is 31.4 Å². The zero-order valence-corrected chi connectivity index (χ0v) is 10.3. The standard InChI is InChI=1S/C11H22N2S/c1-9(2)12-10(14)13-11(3)7-5-4-6-8-11/h9H,4-8H2,1-3H3,(H2,12,13,14). The number of thiocarbonyl (C=S) groups is 1. The van der Waals surface area contributed by atoms with Crippen molar-refractivity contribution in [3.8, 4) is 0 Å². The van der Waals surface area contributed by atoms with E-state index in [-0.39, 0.29) is 5.54 Å². The predicted octanol–water partition coefficient (Wildman–Crippen LogP) is 2.58. The van der Waals surface area contributed by atoms with E-state index in [0.29, 0.717) is 6.04 Å². The van der Waals surface area contributed by atoms with E-state index in [9.17, 15) is 0 Å². The zero-order chi connectivity index (χ0) is 10.6. The van der Waals surface area contributed by atoms with Gasteiger partial charge in [-0.3, -0.25) is 0 Å². The van der Waals surface area contributed by atoms with Crippen LogP contribution in [0.25, 0.3) is 0 Å². The van der Waals surface area contributed by atoms with Gasteiger partial charge in [-0.05, 0) is 45.8 Å². The van der Waals surface area contributed by atoms with Gasteiger partial charge in [-0.15, -0.1) is 0 Å². The lowest BCUT2D eigenvalue weighted by atomic mass is 9.83. The predicted molar refractivity (Wildman–Crippen MR) is 65.5 cm³/mol. The third-order valence-electron chi connectivity index (χ3n) is 2.79. The second kappa shape index (κ2) is 4.96. The fourth-order valence-corrected chi connectivity index (χ4v) is 2.51. The summed E-state index contributed by atoms with van der Waals surface area (Å²) in [5.74, 6) is 0. The molecule has 2 N–H and O–H groups in total. The summed E-state index contributed by atoms with van der Waals surface area (Å²) >= 11 is 5.26. The molecule has 0 amide bonds.